The smallest absolute Gasteiger partial charge is 0.251 e. The molecular formula is C10H11ClN2O2. The standard InChI is InChI=1S/C10H11ClN2O2/c1-2-15-4-3-7-5-8(10(12)14)9(11)13-6-7/h3-6H,2H2,1H3,(H2,12,14)/b4-3+. The van der Waals surface area contributed by atoms with Gasteiger partial charge in [-0.1, -0.05) is 11.6 Å². The Kier molecular flexibility index (Phi) is 4.12. The Hall–Kier alpha value is -1.55. The Bertz CT molecular complexity index is 391. The molecule has 0 unspecified atom stereocenters. The minimum Gasteiger partial charge on any atom is -0.501 e. The van der Waals surface area contributed by atoms with Gasteiger partial charge in [0.25, 0.3) is 5.91 Å². The molecule has 1 heterocycles. The second kappa shape index (κ2) is 5.36. The summed E-state index contributed by atoms with van der Waals surface area (Å²) in [5.74, 6) is -0.598. The van der Waals surface area contributed by atoms with E-state index >= 15 is 0 Å². The number of carbonyl (C=O) groups excluding carboxylic acids is 1. The summed E-state index contributed by atoms with van der Waals surface area (Å²) in [4.78, 5) is 14.8. The molecule has 2 N–H and O–H groups in total. The Morgan fingerprint density at radius 1 is 1.73 bits per heavy atom. The maximum absolute atomic E-state index is 10.9. The number of rotatable bonds is 4. The number of pyridine rings is 1. The minimum atomic E-state index is -0.598. The van der Waals surface area contributed by atoms with Crippen LogP contribution < -0.4 is 5.73 Å². The summed E-state index contributed by atoms with van der Waals surface area (Å²) in [5, 5.41) is 0.107. The van der Waals surface area contributed by atoms with E-state index < -0.39 is 5.91 Å². The van der Waals surface area contributed by atoms with Crippen LogP contribution in [0.4, 0.5) is 0 Å². The van der Waals surface area contributed by atoms with Gasteiger partial charge in [-0.05, 0) is 24.6 Å². The molecule has 0 radical (unpaired) electrons. The zero-order chi connectivity index (χ0) is 11.3. The lowest BCUT2D eigenvalue weighted by atomic mass is 10.2. The predicted molar refractivity (Wildman–Crippen MR) is 58.4 cm³/mol. The minimum absolute atomic E-state index is 0.107. The van der Waals surface area contributed by atoms with Crippen LogP contribution in [0.2, 0.25) is 5.15 Å². The van der Waals surface area contributed by atoms with Gasteiger partial charge in [0.1, 0.15) is 5.15 Å². The van der Waals surface area contributed by atoms with E-state index in [1.807, 2.05) is 6.92 Å². The van der Waals surface area contributed by atoms with Crippen molar-refractivity contribution in [3.63, 3.8) is 0 Å². The molecule has 1 amide bonds. The Morgan fingerprint density at radius 3 is 3.07 bits per heavy atom. The molecule has 0 saturated carbocycles. The molecule has 0 atom stereocenters. The lowest BCUT2D eigenvalue weighted by Gasteiger charge is -2.00. The summed E-state index contributed by atoms with van der Waals surface area (Å²) in [7, 11) is 0. The maximum atomic E-state index is 10.9. The molecular weight excluding hydrogens is 216 g/mol. The van der Waals surface area contributed by atoms with E-state index in [0.717, 1.165) is 0 Å². The first-order valence-electron chi connectivity index (χ1n) is 4.38. The van der Waals surface area contributed by atoms with Gasteiger partial charge >= 0.3 is 0 Å². The first kappa shape index (κ1) is 11.5. The van der Waals surface area contributed by atoms with Gasteiger partial charge in [-0.15, -0.1) is 0 Å². The first-order valence-corrected chi connectivity index (χ1v) is 4.76. The van der Waals surface area contributed by atoms with E-state index in [9.17, 15) is 4.79 Å². The zero-order valence-electron chi connectivity index (χ0n) is 8.24. The van der Waals surface area contributed by atoms with Crippen LogP contribution in [0.3, 0.4) is 0 Å². The van der Waals surface area contributed by atoms with Crippen LogP contribution in [-0.4, -0.2) is 17.5 Å². The van der Waals surface area contributed by atoms with E-state index in [1.54, 1.807) is 12.1 Å². The molecule has 1 aromatic rings. The van der Waals surface area contributed by atoms with Crippen molar-refractivity contribution in [2.45, 2.75) is 6.92 Å². The van der Waals surface area contributed by atoms with Crippen molar-refractivity contribution in [3.8, 4) is 0 Å². The summed E-state index contributed by atoms with van der Waals surface area (Å²) < 4.78 is 5.01. The van der Waals surface area contributed by atoms with Crippen molar-refractivity contribution in [1.82, 2.24) is 4.98 Å². The summed E-state index contributed by atoms with van der Waals surface area (Å²) in [6.07, 6.45) is 4.74. The second-order valence-electron chi connectivity index (χ2n) is 2.73. The number of primary amides is 1. The van der Waals surface area contributed by atoms with E-state index in [1.165, 1.54) is 12.5 Å². The summed E-state index contributed by atoms with van der Waals surface area (Å²) in [5.41, 5.74) is 6.03. The van der Waals surface area contributed by atoms with Gasteiger partial charge in [-0.2, -0.15) is 0 Å². The molecule has 15 heavy (non-hydrogen) atoms. The molecule has 1 aromatic heterocycles. The Labute approximate surface area is 92.7 Å². The van der Waals surface area contributed by atoms with Crippen LogP contribution >= 0.6 is 11.6 Å². The summed E-state index contributed by atoms with van der Waals surface area (Å²) >= 11 is 5.69. The fourth-order valence-corrected chi connectivity index (χ4v) is 1.15. The van der Waals surface area contributed by atoms with Crippen molar-refractivity contribution in [1.29, 1.82) is 0 Å². The predicted octanol–water partition coefficient (Wildman–Crippen LogP) is 1.84. The number of nitrogens with two attached hydrogens (primary N) is 1. The molecule has 0 bridgehead atoms. The van der Waals surface area contributed by atoms with E-state index in [-0.39, 0.29) is 10.7 Å². The maximum Gasteiger partial charge on any atom is 0.251 e. The third kappa shape index (κ3) is 3.25. The van der Waals surface area contributed by atoms with Gasteiger partial charge in [0.05, 0.1) is 18.4 Å². The third-order valence-electron chi connectivity index (χ3n) is 1.65. The lowest BCUT2D eigenvalue weighted by Crippen LogP contribution is -2.12. The lowest BCUT2D eigenvalue weighted by molar-refractivity contribution is 0.1000. The zero-order valence-corrected chi connectivity index (χ0v) is 8.99. The highest BCUT2D eigenvalue weighted by Gasteiger charge is 2.07. The van der Waals surface area contributed by atoms with Crippen molar-refractivity contribution < 1.29 is 9.53 Å². The van der Waals surface area contributed by atoms with E-state index in [0.29, 0.717) is 12.2 Å². The number of amides is 1. The number of hydrogen-bond donors (Lipinski definition) is 1. The van der Waals surface area contributed by atoms with E-state index in [2.05, 4.69) is 4.98 Å². The molecule has 80 valence electrons. The van der Waals surface area contributed by atoms with Crippen molar-refractivity contribution >= 4 is 23.6 Å². The van der Waals surface area contributed by atoms with Gasteiger partial charge in [0.15, 0.2) is 0 Å². The number of hydrogen-bond acceptors (Lipinski definition) is 3. The highest BCUT2D eigenvalue weighted by molar-refractivity contribution is 6.32. The average molecular weight is 227 g/mol. The van der Waals surface area contributed by atoms with Gasteiger partial charge in [-0.25, -0.2) is 4.98 Å². The van der Waals surface area contributed by atoms with Crippen molar-refractivity contribution in [2.75, 3.05) is 6.61 Å². The van der Waals surface area contributed by atoms with Gasteiger partial charge in [0.2, 0.25) is 0 Å². The molecule has 1 rings (SSSR count). The summed E-state index contributed by atoms with van der Waals surface area (Å²) in [6, 6.07) is 1.56. The van der Waals surface area contributed by atoms with Crippen LogP contribution in [0.15, 0.2) is 18.5 Å². The number of carbonyl (C=O) groups is 1. The summed E-state index contributed by atoms with van der Waals surface area (Å²) in [6.45, 7) is 2.46. The Morgan fingerprint density at radius 2 is 2.47 bits per heavy atom. The molecule has 0 aliphatic carbocycles. The number of nitrogens with zero attached hydrogens (tertiary/aromatic N) is 1. The number of ether oxygens (including phenoxy) is 1. The fraction of sp³-hybridized carbons (Fsp3) is 0.200. The molecule has 0 aliphatic rings. The van der Waals surface area contributed by atoms with Gasteiger partial charge in [0, 0.05) is 6.20 Å². The SMILES string of the molecule is CCO/C=C/c1cnc(Cl)c(C(N)=O)c1. The number of aromatic nitrogens is 1. The molecule has 5 heteroatoms. The molecule has 0 aromatic carbocycles. The van der Waals surface area contributed by atoms with Gasteiger partial charge < -0.3 is 10.5 Å². The molecule has 0 saturated heterocycles. The fourth-order valence-electron chi connectivity index (χ4n) is 0.951. The second-order valence-corrected chi connectivity index (χ2v) is 3.09. The van der Waals surface area contributed by atoms with Crippen LogP contribution in [-0.2, 0) is 4.74 Å². The largest absolute Gasteiger partial charge is 0.501 e. The normalized spacial score (nSPS) is 10.5. The van der Waals surface area contributed by atoms with Crippen molar-refractivity contribution in [2.24, 2.45) is 5.73 Å². The van der Waals surface area contributed by atoms with Crippen molar-refractivity contribution in [3.05, 3.63) is 34.8 Å². The van der Waals surface area contributed by atoms with Gasteiger partial charge in [-0.3, -0.25) is 4.79 Å². The molecule has 0 aliphatic heterocycles. The van der Waals surface area contributed by atoms with Crippen LogP contribution in [0, 0.1) is 0 Å². The topological polar surface area (TPSA) is 65.2 Å². The first-order chi connectivity index (χ1) is 7.15. The molecule has 0 fully saturated rings. The number of halogens is 1. The van der Waals surface area contributed by atoms with E-state index in [4.69, 9.17) is 22.1 Å². The average Bonchev–Trinajstić information content (AvgIpc) is 2.20. The van der Waals surface area contributed by atoms with Crippen LogP contribution in [0.1, 0.15) is 22.8 Å². The van der Waals surface area contributed by atoms with Crippen LogP contribution in [0.25, 0.3) is 6.08 Å². The highest BCUT2D eigenvalue weighted by Crippen LogP contribution is 2.14. The molecule has 0 spiro atoms. The molecule has 4 nitrogen and oxygen atoms in total. The van der Waals surface area contributed by atoms with Crippen LogP contribution in [0.5, 0.6) is 0 Å². The Balaban J connectivity index is 2.92. The monoisotopic (exact) mass is 226 g/mol. The third-order valence-corrected chi connectivity index (χ3v) is 1.95. The quantitative estimate of drug-likeness (QED) is 0.629. The highest BCUT2D eigenvalue weighted by atomic mass is 35.5.